The smallest absolute Gasteiger partial charge is 0.311 e. The average Bonchev–Trinajstić information content (AvgIpc) is 2.07. The van der Waals surface area contributed by atoms with Crippen LogP contribution in [0.2, 0.25) is 0 Å². The third-order valence-electron chi connectivity index (χ3n) is 1.69. The van der Waals surface area contributed by atoms with Crippen LogP contribution in [-0.4, -0.2) is 10.0 Å². The van der Waals surface area contributed by atoms with Gasteiger partial charge in [0.2, 0.25) is 5.75 Å². The van der Waals surface area contributed by atoms with E-state index in [-0.39, 0.29) is 11.4 Å². The fourth-order valence-corrected chi connectivity index (χ4v) is 1.12. The predicted octanol–water partition coefficient (Wildman–Crippen LogP) is 2.72. The third kappa shape index (κ3) is 2.10. The van der Waals surface area contributed by atoms with Crippen molar-refractivity contribution in [3.05, 3.63) is 39.4 Å². The molecule has 0 unspecified atom stereocenters. The Bertz CT molecular complexity index is 392. The number of para-hydroxylation sites is 1. The number of phenolic OH excluding ortho intramolecular Hbond substituents is 1. The van der Waals surface area contributed by atoms with E-state index in [1.165, 1.54) is 6.07 Å². The van der Waals surface area contributed by atoms with Crippen molar-refractivity contribution in [2.75, 3.05) is 0 Å². The highest BCUT2D eigenvalue weighted by Gasteiger charge is 2.14. The van der Waals surface area contributed by atoms with Crippen LogP contribution < -0.4 is 0 Å². The number of allylic oxidation sites excluding steroid dienone is 1. The minimum Gasteiger partial charge on any atom is -0.502 e. The van der Waals surface area contributed by atoms with Gasteiger partial charge in [0, 0.05) is 11.6 Å². The van der Waals surface area contributed by atoms with E-state index in [4.69, 9.17) is 0 Å². The molecule has 1 aromatic carbocycles. The second kappa shape index (κ2) is 3.91. The van der Waals surface area contributed by atoms with Gasteiger partial charge in [0.25, 0.3) is 0 Å². The summed E-state index contributed by atoms with van der Waals surface area (Å²) in [5.74, 6) is -0.279. The normalized spacial score (nSPS) is 9.57. The molecule has 0 aromatic heterocycles. The molecule has 0 bridgehead atoms. The summed E-state index contributed by atoms with van der Waals surface area (Å²) in [6.45, 7) is 3.72. The van der Waals surface area contributed by atoms with Crippen LogP contribution in [0.4, 0.5) is 5.69 Å². The Morgan fingerprint density at radius 3 is 2.64 bits per heavy atom. The van der Waals surface area contributed by atoms with E-state index >= 15 is 0 Å². The molecule has 0 amide bonds. The van der Waals surface area contributed by atoms with E-state index < -0.39 is 4.92 Å². The number of hydrogen-bond donors (Lipinski definition) is 1. The Hall–Kier alpha value is -1.84. The van der Waals surface area contributed by atoms with Gasteiger partial charge in [-0.05, 0) is 13.8 Å². The van der Waals surface area contributed by atoms with Gasteiger partial charge in [-0.25, -0.2) is 0 Å². The largest absolute Gasteiger partial charge is 0.502 e. The van der Waals surface area contributed by atoms with Gasteiger partial charge in [-0.3, -0.25) is 10.1 Å². The van der Waals surface area contributed by atoms with Gasteiger partial charge < -0.3 is 5.11 Å². The molecule has 0 heterocycles. The van der Waals surface area contributed by atoms with Crippen molar-refractivity contribution in [1.82, 2.24) is 0 Å². The minimum atomic E-state index is -0.600. The molecule has 0 saturated heterocycles. The van der Waals surface area contributed by atoms with Crippen LogP contribution in [0.15, 0.2) is 23.8 Å². The summed E-state index contributed by atoms with van der Waals surface area (Å²) in [6.07, 6.45) is 1.70. The molecule has 4 nitrogen and oxygen atoms in total. The lowest BCUT2D eigenvalue weighted by Gasteiger charge is -2.00. The maximum absolute atomic E-state index is 10.5. The first kappa shape index (κ1) is 10.2. The molecule has 0 aliphatic rings. The highest BCUT2D eigenvalue weighted by atomic mass is 16.6. The van der Waals surface area contributed by atoms with Crippen LogP contribution in [0.3, 0.4) is 0 Å². The molecular formula is C10H11NO3. The maximum Gasteiger partial charge on any atom is 0.311 e. The van der Waals surface area contributed by atoms with Crippen LogP contribution in [0.25, 0.3) is 6.08 Å². The Balaban J connectivity index is 3.28. The van der Waals surface area contributed by atoms with Crippen LogP contribution in [0, 0.1) is 10.1 Å². The maximum atomic E-state index is 10.5. The Morgan fingerprint density at radius 2 is 2.14 bits per heavy atom. The van der Waals surface area contributed by atoms with Crippen LogP contribution in [0.1, 0.15) is 19.4 Å². The monoisotopic (exact) mass is 193 g/mol. The van der Waals surface area contributed by atoms with Crippen LogP contribution in [0.5, 0.6) is 5.75 Å². The topological polar surface area (TPSA) is 63.4 Å². The highest BCUT2D eigenvalue weighted by Crippen LogP contribution is 2.30. The quantitative estimate of drug-likeness (QED) is 0.580. The van der Waals surface area contributed by atoms with Gasteiger partial charge in [-0.1, -0.05) is 23.8 Å². The summed E-state index contributed by atoms with van der Waals surface area (Å²) in [4.78, 5) is 9.89. The standard InChI is InChI=1S/C10H11NO3/c1-7(2)6-8-4-3-5-9(10(8)12)11(13)14/h3-6,12H,1-2H3. The fourth-order valence-electron chi connectivity index (χ4n) is 1.12. The zero-order valence-electron chi connectivity index (χ0n) is 8.02. The molecule has 1 aromatic rings. The van der Waals surface area contributed by atoms with E-state index in [1.54, 1.807) is 18.2 Å². The van der Waals surface area contributed by atoms with E-state index in [1.807, 2.05) is 13.8 Å². The number of hydrogen-bond acceptors (Lipinski definition) is 3. The van der Waals surface area contributed by atoms with E-state index in [0.717, 1.165) is 5.57 Å². The second-order valence-corrected chi connectivity index (χ2v) is 3.19. The van der Waals surface area contributed by atoms with E-state index in [2.05, 4.69) is 0 Å². The van der Waals surface area contributed by atoms with Crippen LogP contribution in [-0.2, 0) is 0 Å². The Morgan fingerprint density at radius 1 is 1.50 bits per heavy atom. The van der Waals surface area contributed by atoms with Crippen LogP contribution >= 0.6 is 0 Å². The number of phenols is 1. The van der Waals surface area contributed by atoms with Gasteiger partial charge in [0.1, 0.15) is 0 Å². The molecule has 1 N–H and O–H groups in total. The number of nitro benzene ring substituents is 1. The van der Waals surface area contributed by atoms with Crippen molar-refractivity contribution < 1.29 is 10.0 Å². The summed E-state index contributed by atoms with van der Waals surface area (Å²) in [5, 5.41) is 20.0. The average molecular weight is 193 g/mol. The second-order valence-electron chi connectivity index (χ2n) is 3.19. The summed E-state index contributed by atoms with van der Waals surface area (Å²) in [7, 11) is 0. The molecule has 74 valence electrons. The molecule has 14 heavy (non-hydrogen) atoms. The molecule has 0 radical (unpaired) electrons. The molecule has 0 aliphatic heterocycles. The zero-order valence-corrected chi connectivity index (χ0v) is 8.02. The SMILES string of the molecule is CC(C)=Cc1cccc([N+](=O)[O-])c1O. The van der Waals surface area contributed by atoms with Gasteiger partial charge in [-0.2, -0.15) is 0 Å². The van der Waals surface area contributed by atoms with Gasteiger partial charge >= 0.3 is 5.69 Å². The molecule has 0 atom stereocenters. The molecule has 0 saturated carbocycles. The lowest BCUT2D eigenvalue weighted by atomic mass is 10.1. The summed E-state index contributed by atoms with van der Waals surface area (Å²) >= 11 is 0. The number of rotatable bonds is 2. The van der Waals surface area contributed by atoms with Crippen molar-refractivity contribution in [2.24, 2.45) is 0 Å². The lowest BCUT2D eigenvalue weighted by molar-refractivity contribution is -0.385. The van der Waals surface area contributed by atoms with Crippen molar-refractivity contribution in [2.45, 2.75) is 13.8 Å². The Kier molecular flexibility index (Phi) is 2.86. The van der Waals surface area contributed by atoms with Crippen molar-refractivity contribution in [1.29, 1.82) is 0 Å². The van der Waals surface area contributed by atoms with E-state index in [0.29, 0.717) is 5.56 Å². The van der Waals surface area contributed by atoms with Gasteiger partial charge in [0.05, 0.1) is 4.92 Å². The summed E-state index contributed by atoms with van der Waals surface area (Å²) in [6, 6.07) is 4.46. The number of aromatic hydroxyl groups is 1. The van der Waals surface area contributed by atoms with Crippen molar-refractivity contribution in [3.8, 4) is 5.75 Å². The first-order chi connectivity index (χ1) is 6.52. The van der Waals surface area contributed by atoms with Crippen molar-refractivity contribution >= 4 is 11.8 Å². The number of nitrogens with zero attached hydrogens (tertiary/aromatic N) is 1. The molecular weight excluding hydrogens is 182 g/mol. The highest BCUT2D eigenvalue weighted by molar-refractivity contribution is 5.65. The molecule has 1 rings (SSSR count). The van der Waals surface area contributed by atoms with Gasteiger partial charge in [0.15, 0.2) is 0 Å². The predicted molar refractivity (Wildman–Crippen MR) is 54.1 cm³/mol. The Labute approximate surface area is 81.6 Å². The minimum absolute atomic E-state index is 0.264. The molecule has 4 heteroatoms. The zero-order chi connectivity index (χ0) is 10.7. The fraction of sp³-hybridized carbons (Fsp3) is 0.200. The van der Waals surface area contributed by atoms with E-state index in [9.17, 15) is 15.2 Å². The molecule has 0 aliphatic carbocycles. The number of nitro groups is 1. The third-order valence-corrected chi connectivity index (χ3v) is 1.69. The number of benzene rings is 1. The first-order valence-electron chi connectivity index (χ1n) is 4.13. The summed E-state index contributed by atoms with van der Waals surface area (Å²) < 4.78 is 0. The first-order valence-corrected chi connectivity index (χ1v) is 4.13. The van der Waals surface area contributed by atoms with Gasteiger partial charge in [-0.15, -0.1) is 0 Å². The molecule has 0 fully saturated rings. The molecule has 0 spiro atoms. The lowest BCUT2D eigenvalue weighted by Crippen LogP contribution is -1.89. The summed E-state index contributed by atoms with van der Waals surface area (Å²) in [5.41, 5.74) is 1.18. The van der Waals surface area contributed by atoms with Crippen molar-refractivity contribution in [3.63, 3.8) is 0 Å².